The zero-order chi connectivity index (χ0) is 24.9. The summed E-state index contributed by atoms with van der Waals surface area (Å²) in [6, 6.07) is 0. The fraction of sp³-hybridized carbons (Fsp3) is 1.00. The molecule has 0 rings (SSSR count). The molecule has 0 nitrogen and oxygen atoms in total. The van der Waals surface area contributed by atoms with Gasteiger partial charge in [0.05, 0.1) is 0 Å². The molecule has 29 heavy (non-hydrogen) atoms. The van der Waals surface area contributed by atoms with E-state index in [1.54, 1.807) is 0 Å². The van der Waals surface area contributed by atoms with Crippen LogP contribution in [0, 0.1) is 0 Å². The molecule has 0 aliphatic heterocycles. The summed E-state index contributed by atoms with van der Waals surface area (Å²) in [5, 5.41) is 2.70. The van der Waals surface area contributed by atoms with E-state index in [0.29, 0.717) is 30.9 Å². The predicted molar refractivity (Wildman–Crippen MR) is 144 cm³/mol. The van der Waals surface area contributed by atoms with Crippen molar-refractivity contribution in [3.8, 4) is 0 Å². The molecule has 0 heterocycles. The van der Waals surface area contributed by atoms with Gasteiger partial charge in [-0.25, -0.2) is 0 Å². The topological polar surface area (TPSA) is 0 Å². The second kappa shape index (κ2) is 12.5. The number of hydrogen-bond donors (Lipinski definition) is 0. The average Bonchev–Trinajstić information content (AvgIpc) is 2.14. The summed E-state index contributed by atoms with van der Waals surface area (Å²) in [6.07, 6.45) is 0. The third-order valence-electron chi connectivity index (χ3n) is 4.02. The summed E-state index contributed by atoms with van der Waals surface area (Å²) in [6.45, 7) is 42.9. The van der Waals surface area contributed by atoms with Crippen LogP contribution in [-0.4, -0.2) is 30.9 Å². The third-order valence-corrected chi connectivity index (χ3v) is 12.1. The van der Waals surface area contributed by atoms with Crippen molar-refractivity contribution < 1.29 is 15.9 Å². The van der Waals surface area contributed by atoms with Gasteiger partial charge in [0.15, 0.2) is 0 Å². The summed E-state index contributed by atoms with van der Waals surface area (Å²) < 4.78 is 0. The molecule has 0 bridgehead atoms. The number of rotatable bonds is 0. The average molecular weight is 582 g/mol. The molecular formula is C24H54Cl2P2Pd. The van der Waals surface area contributed by atoms with Crippen molar-refractivity contribution in [1.29, 1.82) is 0 Å². The van der Waals surface area contributed by atoms with Crippen LogP contribution in [0.4, 0.5) is 0 Å². The first-order chi connectivity index (χ1) is 12.1. The van der Waals surface area contributed by atoms with E-state index in [0.717, 1.165) is 0 Å². The molecule has 0 N–H and O–H groups in total. The molecule has 0 spiro atoms. The van der Waals surface area contributed by atoms with E-state index in [9.17, 15) is 0 Å². The number of halogens is 2. The van der Waals surface area contributed by atoms with Gasteiger partial charge < -0.3 is 0 Å². The fourth-order valence-electron chi connectivity index (χ4n) is 6.04. The van der Waals surface area contributed by atoms with Gasteiger partial charge in [-0.1, -0.05) is 140 Å². The SMILES string of the molecule is CC(C)(C)P(C(C)(C)C)C(C)(C)C.CC(C)(C)P(C(C)(C)C)C(C)(C)C.[Cl][Pd][Cl]. The minimum absolute atomic E-state index is 0.0162. The molecule has 5 heteroatoms. The molecule has 0 fully saturated rings. The van der Waals surface area contributed by atoms with Crippen LogP contribution in [-0.2, 0) is 15.9 Å². The van der Waals surface area contributed by atoms with Crippen LogP contribution in [0.2, 0.25) is 0 Å². The quantitative estimate of drug-likeness (QED) is 0.197. The van der Waals surface area contributed by atoms with Crippen LogP contribution >= 0.6 is 34.9 Å². The monoisotopic (exact) mass is 580 g/mol. The summed E-state index contributed by atoms with van der Waals surface area (Å²) in [5.74, 6) is 0. The Labute approximate surface area is 205 Å². The van der Waals surface area contributed by atoms with Gasteiger partial charge in [0.2, 0.25) is 0 Å². The van der Waals surface area contributed by atoms with Crippen molar-refractivity contribution in [1.82, 2.24) is 0 Å². The van der Waals surface area contributed by atoms with Gasteiger partial charge in [0, 0.05) is 0 Å². The van der Waals surface area contributed by atoms with Crippen molar-refractivity contribution in [3.05, 3.63) is 0 Å². The predicted octanol–water partition coefficient (Wildman–Crippen LogP) is 11.1. The summed E-state index contributed by atoms with van der Waals surface area (Å²) in [7, 11) is 9.66. The van der Waals surface area contributed by atoms with Crippen molar-refractivity contribution in [2.24, 2.45) is 0 Å². The molecule has 0 aromatic heterocycles. The van der Waals surface area contributed by atoms with Gasteiger partial charge in [0.1, 0.15) is 0 Å². The Bertz CT molecular complexity index is 328. The van der Waals surface area contributed by atoms with Gasteiger partial charge in [-0.3, -0.25) is 0 Å². The first kappa shape index (κ1) is 35.7. The molecule has 0 aliphatic carbocycles. The van der Waals surface area contributed by atoms with Crippen LogP contribution in [0.3, 0.4) is 0 Å². The van der Waals surface area contributed by atoms with Crippen LogP contribution in [0.5, 0.6) is 0 Å². The van der Waals surface area contributed by atoms with Gasteiger partial charge in [-0.15, -0.1) is 0 Å². The fourth-order valence-corrected chi connectivity index (χ4v) is 18.1. The van der Waals surface area contributed by atoms with E-state index < -0.39 is 0 Å². The van der Waals surface area contributed by atoms with Gasteiger partial charge >= 0.3 is 35.0 Å². The molecular weight excluding hydrogens is 528 g/mol. The molecule has 0 atom stereocenters. The van der Waals surface area contributed by atoms with Crippen LogP contribution in [0.15, 0.2) is 0 Å². The maximum atomic E-state index is 4.81. The second-order valence-electron chi connectivity index (χ2n) is 13.7. The van der Waals surface area contributed by atoms with E-state index >= 15 is 0 Å². The van der Waals surface area contributed by atoms with Gasteiger partial charge in [-0.05, 0) is 30.9 Å². The molecule has 0 aromatic carbocycles. The van der Waals surface area contributed by atoms with E-state index in [1.165, 1.54) is 0 Å². The van der Waals surface area contributed by atoms with Crippen LogP contribution in [0.1, 0.15) is 125 Å². The molecule has 0 aromatic rings. The Kier molecular flexibility index (Phi) is 15.4. The molecule has 184 valence electrons. The van der Waals surface area contributed by atoms with Crippen LogP contribution in [0.25, 0.3) is 0 Å². The minimum atomic E-state index is -0.106. The Morgan fingerprint density at radius 3 is 0.414 bits per heavy atom. The zero-order valence-corrected chi connectivity index (χ0v) is 27.8. The summed E-state index contributed by atoms with van der Waals surface area (Å²) >= 11 is -0.106. The Hall–Kier alpha value is 2.10. The normalized spacial score (nSPS) is 14.4. The standard InChI is InChI=1S/2C12H27P.2ClH.Pd/c2*1-10(2,3)13(11(4,5)6)12(7,8)9;;;/h2*1-9H3;2*1H;/q;;;;+2/p-2. The molecule has 0 unspecified atom stereocenters. The van der Waals surface area contributed by atoms with Crippen molar-refractivity contribution >= 4 is 34.9 Å². The van der Waals surface area contributed by atoms with E-state index in [4.69, 9.17) is 19.1 Å². The van der Waals surface area contributed by atoms with E-state index in [1.807, 2.05) is 0 Å². The zero-order valence-electron chi connectivity index (χ0n) is 23.0. The molecule has 0 saturated heterocycles. The van der Waals surface area contributed by atoms with Gasteiger partial charge in [-0.2, -0.15) is 0 Å². The van der Waals surface area contributed by atoms with Gasteiger partial charge in [0.25, 0.3) is 0 Å². The summed E-state index contributed by atoms with van der Waals surface area (Å²) in [5.41, 5.74) is 0. The van der Waals surface area contributed by atoms with Crippen LogP contribution < -0.4 is 0 Å². The molecule has 0 radical (unpaired) electrons. The Balaban J connectivity index is -0.000000410. The van der Waals surface area contributed by atoms with E-state index in [2.05, 4.69) is 125 Å². The van der Waals surface area contributed by atoms with Crippen molar-refractivity contribution in [2.45, 2.75) is 156 Å². The molecule has 0 amide bonds. The Morgan fingerprint density at radius 1 is 0.345 bits per heavy atom. The summed E-state index contributed by atoms with van der Waals surface area (Å²) in [4.78, 5) is 0. The maximum absolute atomic E-state index is 4.81. The molecule has 0 saturated carbocycles. The second-order valence-corrected chi connectivity index (χ2v) is 25.5. The van der Waals surface area contributed by atoms with Crippen molar-refractivity contribution in [2.75, 3.05) is 0 Å². The Morgan fingerprint density at radius 2 is 0.414 bits per heavy atom. The van der Waals surface area contributed by atoms with E-state index in [-0.39, 0.29) is 31.8 Å². The number of hydrogen-bond acceptors (Lipinski definition) is 0. The third kappa shape index (κ3) is 16.4. The first-order valence-electron chi connectivity index (χ1n) is 10.6. The molecule has 0 aliphatic rings. The first-order valence-corrected chi connectivity index (χ1v) is 17.3. The van der Waals surface area contributed by atoms with Crippen molar-refractivity contribution in [3.63, 3.8) is 0 Å².